The minimum absolute atomic E-state index is 0.0882. The van der Waals surface area contributed by atoms with E-state index in [1.807, 2.05) is 13.8 Å². The van der Waals surface area contributed by atoms with Crippen LogP contribution in [0.5, 0.6) is 0 Å². The molecule has 1 unspecified atom stereocenters. The lowest BCUT2D eigenvalue weighted by molar-refractivity contribution is 0.437. The molecule has 0 fully saturated rings. The van der Waals surface area contributed by atoms with Gasteiger partial charge >= 0.3 is 0 Å². The van der Waals surface area contributed by atoms with Crippen LogP contribution in [0.4, 0.5) is 4.39 Å². The molecule has 0 aromatic heterocycles. The van der Waals surface area contributed by atoms with Gasteiger partial charge in [-0.15, -0.1) is 11.6 Å². The fourth-order valence-electron chi connectivity index (χ4n) is 1.57. The highest BCUT2D eigenvalue weighted by molar-refractivity contribution is 7.89. The molecular weight excluding hydrogens is 277 g/mol. The molecule has 0 spiro atoms. The molecule has 18 heavy (non-hydrogen) atoms. The largest absolute Gasteiger partial charge is 0.243 e. The minimum atomic E-state index is -3.84. The Labute approximate surface area is 112 Å². The summed E-state index contributed by atoms with van der Waals surface area (Å²) >= 11 is 5.64. The van der Waals surface area contributed by atoms with E-state index in [1.165, 1.54) is 18.2 Å². The van der Waals surface area contributed by atoms with Crippen molar-refractivity contribution in [3.63, 3.8) is 0 Å². The molecule has 0 heterocycles. The van der Waals surface area contributed by atoms with Gasteiger partial charge in [-0.05, 0) is 24.5 Å². The second-order valence-electron chi connectivity index (χ2n) is 4.38. The first-order chi connectivity index (χ1) is 8.38. The zero-order chi connectivity index (χ0) is 13.8. The lowest BCUT2D eigenvalue weighted by atomic mass is 10.0. The molecular formula is C12H17ClFNO2S. The van der Waals surface area contributed by atoms with Crippen LogP contribution in [-0.2, 0) is 10.0 Å². The molecule has 0 aliphatic rings. The molecule has 1 rings (SSSR count). The van der Waals surface area contributed by atoms with E-state index in [9.17, 15) is 12.8 Å². The Balaban J connectivity index is 2.97. The van der Waals surface area contributed by atoms with Gasteiger partial charge in [0.05, 0.1) is 0 Å². The lowest BCUT2D eigenvalue weighted by Gasteiger charge is -2.21. The first-order valence-corrected chi connectivity index (χ1v) is 7.73. The Morgan fingerprint density at radius 1 is 1.33 bits per heavy atom. The molecule has 0 bridgehead atoms. The summed E-state index contributed by atoms with van der Waals surface area (Å²) in [5.74, 6) is -0.313. The smallest absolute Gasteiger partial charge is 0.208 e. The zero-order valence-corrected chi connectivity index (χ0v) is 11.9. The Morgan fingerprint density at radius 2 is 1.94 bits per heavy atom. The van der Waals surface area contributed by atoms with Gasteiger partial charge in [-0.3, -0.25) is 0 Å². The maximum absolute atomic E-state index is 13.5. The molecule has 0 aliphatic heterocycles. The van der Waals surface area contributed by atoms with Crippen molar-refractivity contribution in [2.75, 3.05) is 5.88 Å². The van der Waals surface area contributed by atoms with Crippen molar-refractivity contribution in [3.05, 3.63) is 30.1 Å². The SMILES string of the molecule is CC(C)C(CCCl)NS(=O)(=O)c1ccccc1F. The zero-order valence-electron chi connectivity index (χ0n) is 10.4. The quantitative estimate of drug-likeness (QED) is 0.820. The van der Waals surface area contributed by atoms with Crippen molar-refractivity contribution < 1.29 is 12.8 Å². The highest BCUT2D eigenvalue weighted by atomic mass is 35.5. The first kappa shape index (κ1) is 15.4. The molecule has 0 aliphatic carbocycles. The third-order valence-electron chi connectivity index (χ3n) is 2.66. The van der Waals surface area contributed by atoms with Crippen LogP contribution in [0, 0.1) is 11.7 Å². The second kappa shape index (κ2) is 6.50. The molecule has 0 saturated carbocycles. The lowest BCUT2D eigenvalue weighted by Crippen LogP contribution is -2.39. The van der Waals surface area contributed by atoms with Gasteiger partial charge in [-0.1, -0.05) is 26.0 Å². The highest BCUT2D eigenvalue weighted by Gasteiger charge is 2.24. The average molecular weight is 294 g/mol. The average Bonchev–Trinajstić information content (AvgIpc) is 2.28. The van der Waals surface area contributed by atoms with Gasteiger partial charge in [0.15, 0.2) is 0 Å². The van der Waals surface area contributed by atoms with E-state index in [4.69, 9.17) is 11.6 Å². The standard InChI is InChI=1S/C12H17ClFNO2S/c1-9(2)11(7-8-13)15-18(16,17)12-6-4-3-5-10(12)14/h3-6,9,11,15H,7-8H2,1-2H3. The third kappa shape index (κ3) is 3.93. The summed E-state index contributed by atoms with van der Waals surface area (Å²) in [6, 6.07) is 5.01. The van der Waals surface area contributed by atoms with Gasteiger partial charge in [-0.25, -0.2) is 17.5 Å². The topological polar surface area (TPSA) is 46.2 Å². The summed E-state index contributed by atoms with van der Waals surface area (Å²) in [4.78, 5) is -0.328. The van der Waals surface area contributed by atoms with Gasteiger partial charge in [-0.2, -0.15) is 0 Å². The first-order valence-electron chi connectivity index (χ1n) is 5.71. The summed E-state index contributed by atoms with van der Waals surface area (Å²) in [6.45, 7) is 3.78. The predicted molar refractivity (Wildman–Crippen MR) is 70.7 cm³/mol. The van der Waals surface area contributed by atoms with Crippen LogP contribution < -0.4 is 4.72 Å². The Kier molecular flexibility index (Phi) is 5.56. The van der Waals surface area contributed by atoms with E-state index in [2.05, 4.69) is 4.72 Å². The van der Waals surface area contributed by atoms with Crippen molar-refractivity contribution in [1.82, 2.24) is 4.72 Å². The molecule has 1 atom stereocenters. The normalized spacial score (nSPS) is 13.8. The van der Waals surface area contributed by atoms with Gasteiger partial charge in [0.25, 0.3) is 0 Å². The predicted octanol–water partition coefficient (Wildman–Crippen LogP) is 2.76. The molecule has 0 radical (unpaired) electrons. The van der Waals surface area contributed by atoms with Crippen molar-refractivity contribution in [2.45, 2.75) is 31.2 Å². The highest BCUT2D eigenvalue weighted by Crippen LogP contribution is 2.16. The monoisotopic (exact) mass is 293 g/mol. The molecule has 3 nitrogen and oxygen atoms in total. The number of halogens is 2. The summed E-state index contributed by atoms with van der Waals surface area (Å²) in [5.41, 5.74) is 0. The van der Waals surface area contributed by atoms with E-state index >= 15 is 0 Å². The van der Waals surface area contributed by atoms with Crippen LogP contribution in [0.1, 0.15) is 20.3 Å². The van der Waals surface area contributed by atoms with Crippen LogP contribution in [0.3, 0.4) is 0 Å². The number of nitrogens with one attached hydrogen (secondary N) is 1. The van der Waals surface area contributed by atoms with E-state index in [-0.39, 0.29) is 16.9 Å². The maximum atomic E-state index is 13.5. The van der Waals surface area contributed by atoms with Crippen LogP contribution in [0.15, 0.2) is 29.2 Å². The Bertz CT molecular complexity index is 491. The molecule has 0 saturated heterocycles. The third-order valence-corrected chi connectivity index (χ3v) is 4.40. The van der Waals surface area contributed by atoms with Crippen molar-refractivity contribution in [1.29, 1.82) is 0 Å². The van der Waals surface area contributed by atoms with E-state index in [0.29, 0.717) is 12.3 Å². The van der Waals surface area contributed by atoms with Crippen molar-refractivity contribution in [3.8, 4) is 0 Å². The maximum Gasteiger partial charge on any atom is 0.243 e. The molecule has 6 heteroatoms. The second-order valence-corrected chi connectivity index (χ2v) is 6.44. The van der Waals surface area contributed by atoms with Gasteiger partial charge in [0.2, 0.25) is 10.0 Å². The van der Waals surface area contributed by atoms with E-state index in [0.717, 1.165) is 6.07 Å². The minimum Gasteiger partial charge on any atom is -0.208 e. The van der Waals surface area contributed by atoms with Gasteiger partial charge in [0.1, 0.15) is 10.7 Å². The fourth-order valence-corrected chi connectivity index (χ4v) is 3.30. The fraction of sp³-hybridized carbons (Fsp3) is 0.500. The Hall–Kier alpha value is -0.650. The molecule has 102 valence electrons. The Morgan fingerprint density at radius 3 is 2.44 bits per heavy atom. The van der Waals surface area contributed by atoms with Crippen LogP contribution in [0.2, 0.25) is 0 Å². The molecule has 1 aromatic carbocycles. The van der Waals surface area contributed by atoms with E-state index < -0.39 is 15.8 Å². The number of sulfonamides is 1. The molecule has 1 aromatic rings. The number of benzene rings is 1. The summed E-state index contributed by atoms with van der Waals surface area (Å²) in [5, 5.41) is 0. The van der Waals surface area contributed by atoms with Crippen LogP contribution in [-0.4, -0.2) is 20.3 Å². The van der Waals surface area contributed by atoms with E-state index in [1.54, 1.807) is 0 Å². The van der Waals surface area contributed by atoms with Crippen molar-refractivity contribution >= 4 is 21.6 Å². The number of hydrogen-bond acceptors (Lipinski definition) is 2. The summed E-state index contributed by atoms with van der Waals surface area (Å²) < 4.78 is 40.1. The summed E-state index contributed by atoms with van der Waals surface area (Å²) in [7, 11) is -3.84. The summed E-state index contributed by atoms with van der Waals surface area (Å²) in [6.07, 6.45) is 0.507. The van der Waals surface area contributed by atoms with Gasteiger partial charge < -0.3 is 0 Å². The molecule has 0 amide bonds. The van der Waals surface area contributed by atoms with Gasteiger partial charge in [0, 0.05) is 11.9 Å². The van der Waals surface area contributed by atoms with Crippen LogP contribution in [0.25, 0.3) is 0 Å². The molecule has 1 N–H and O–H groups in total. The number of alkyl halides is 1. The number of hydrogen-bond donors (Lipinski definition) is 1. The van der Waals surface area contributed by atoms with Crippen molar-refractivity contribution in [2.24, 2.45) is 5.92 Å². The van der Waals surface area contributed by atoms with Crippen LogP contribution >= 0.6 is 11.6 Å². The number of rotatable bonds is 6.